The number of benzene rings is 2. The van der Waals surface area contributed by atoms with Crippen LogP contribution in [-0.4, -0.2) is 49.6 Å². The Morgan fingerprint density at radius 3 is 2.29 bits per heavy atom. The number of amides is 1. The van der Waals surface area contributed by atoms with E-state index >= 15 is 0 Å². The second kappa shape index (κ2) is 8.84. The molecule has 1 aliphatic rings. The van der Waals surface area contributed by atoms with Crippen LogP contribution >= 0.6 is 0 Å². The number of anilines is 2. The van der Waals surface area contributed by atoms with Crippen LogP contribution < -0.4 is 14.7 Å². The first-order chi connectivity index (χ1) is 13.5. The fourth-order valence-corrected chi connectivity index (χ4v) is 3.75. The molecule has 0 unspecified atom stereocenters. The van der Waals surface area contributed by atoms with E-state index in [0.717, 1.165) is 37.6 Å². The zero-order chi connectivity index (χ0) is 20.1. The molecule has 2 aromatic rings. The lowest BCUT2D eigenvalue weighted by molar-refractivity contribution is -0.914. The van der Waals surface area contributed by atoms with E-state index in [9.17, 15) is 14.9 Å². The topological polar surface area (TPSA) is 71.1 Å². The lowest BCUT2D eigenvalue weighted by Crippen LogP contribution is -3.19. The number of para-hydroxylation sites is 1. The summed E-state index contributed by atoms with van der Waals surface area (Å²) in [5.74, 6) is 0.146. The molecule has 1 heterocycles. The van der Waals surface area contributed by atoms with Crippen molar-refractivity contribution in [2.75, 3.05) is 42.5 Å². The number of carbonyl (C=O) groups is 1. The van der Waals surface area contributed by atoms with Crippen LogP contribution in [0.25, 0.3) is 0 Å². The van der Waals surface area contributed by atoms with Crippen molar-refractivity contribution in [3.63, 3.8) is 0 Å². The minimum Gasteiger partial charge on any atom is -0.360 e. The van der Waals surface area contributed by atoms with E-state index in [-0.39, 0.29) is 22.6 Å². The van der Waals surface area contributed by atoms with E-state index in [0.29, 0.717) is 6.54 Å². The van der Waals surface area contributed by atoms with Crippen LogP contribution in [0.2, 0.25) is 0 Å². The second-order valence-electron chi connectivity index (χ2n) is 7.06. The molecule has 7 nitrogen and oxygen atoms in total. The Labute approximate surface area is 165 Å². The number of piperazine rings is 1. The van der Waals surface area contributed by atoms with Crippen LogP contribution in [0.3, 0.4) is 0 Å². The van der Waals surface area contributed by atoms with E-state index in [1.165, 1.54) is 4.90 Å². The van der Waals surface area contributed by atoms with Crippen LogP contribution in [0, 0.1) is 10.1 Å². The van der Waals surface area contributed by atoms with Gasteiger partial charge in [-0.05, 0) is 38.1 Å². The third-order valence-electron chi connectivity index (χ3n) is 5.46. The van der Waals surface area contributed by atoms with Crippen LogP contribution in [0.15, 0.2) is 54.6 Å². The Kier molecular flexibility index (Phi) is 6.26. The number of likely N-dealkylation sites (N-methyl/N-ethyl adjacent to an activating group) is 1. The van der Waals surface area contributed by atoms with Gasteiger partial charge in [-0.3, -0.25) is 14.9 Å². The van der Waals surface area contributed by atoms with E-state index in [4.69, 9.17) is 0 Å². The van der Waals surface area contributed by atoms with Gasteiger partial charge in [0.15, 0.2) is 6.04 Å². The molecule has 0 bridgehead atoms. The minimum atomic E-state index is -0.384. The van der Waals surface area contributed by atoms with Gasteiger partial charge in [-0.2, -0.15) is 0 Å². The molecule has 2 aromatic carbocycles. The first-order valence-corrected chi connectivity index (χ1v) is 9.71. The van der Waals surface area contributed by atoms with Gasteiger partial charge in [0.05, 0.1) is 31.1 Å². The number of hydrogen-bond donors (Lipinski definition) is 1. The number of nitrogens with one attached hydrogen (secondary N) is 1. The predicted octanol–water partition coefficient (Wildman–Crippen LogP) is 1.74. The maximum atomic E-state index is 13.1. The smallest absolute Gasteiger partial charge is 0.284 e. The van der Waals surface area contributed by atoms with E-state index in [2.05, 4.69) is 4.90 Å². The lowest BCUT2D eigenvalue weighted by Gasteiger charge is -2.37. The molecule has 1 aliphatic heterocycles. The lowest BCUT2D eigenvalue weighted by atomic mass is 10.1. The molecule has 0 aliphatic carbocycles. The Hall–Kier alpha value is -2.93. The standard InChI is InChI=1S/C21H26N4O3/c1-3-24(19-7-5-4-6-8-19)21(26)17(2)22-13-15-23(16-14-22)18-9-11-20(12-10-18)25(27)28/h4-12,17H,3,13-16H2,1-2H3/p+1/t17-/m0/s1. The summed E-state index contributed by atoms with van der Waals surface area (Å²) < 4.78 is 0. The molecular formula is C21H27N4O3+. The number of rotatable bonds is 6. The zero-order valence-electron chi connectivity index (χ0n) is 16.4. The van der Waals surface area contributed by atoms with E-state index in [1.54, 1.807) is 24.3 Å². The van der Waals surface area contributed by atoms with Gasteiger partial charge in [-0.1, -0.05) is 18.2 Å². The summed E-state index contributed by atoms with van der Waals surface area (Å²) >= 11 is 0. The molecule has 0 saturated carbocycles. The van der Waals surface area contributed by atoms with Crippen LogP contribution in [0.5, 0.6) is 0 Å². The third-order valence-corrected chi connectivity index (χ3v) is 5.46. The molecule has 28 heavy (non-hydrogen) atoms. The van der Waals surface area contributed by atoms with Gasteiger partial charge >= 0.3 is 0 Å². The number of nitrogens with zero attached hydrogens (tertiary/aromatic N) is 3. The minimum absolute atomic E-state index is 0.104. The predicted molar refractivity (Wildman–Crippen MR) is 110 cm³/mol. The highest BCUT2D eigenvalue weighted by molar-refractivity contribution is 5.96. The maximum absolute atomic E-state index is 13.1. The summed E-state index contributed by atoms with van der Waals surface area (Å²) in [6.45, 7) is 8.01. The quantitative estimate of drug-likeness (QED) is 0.609. The molecule has 1 fully saturated rings. The first-order valence-electron chi connectivity index (χ1n) is 9.71. The van der Waals surface area contributed by atoms with Crippen LogP contribution in [-0.2, 0) is 4.79 Å². The van der Waals surface area contributed by atoms with Gasteiger partial charge < -0.3 is 14.7 Å². The number of carbonyl (C=O) groups excluding carboxylic acids is 1. The average Bonchev–Trinajstić information content (AvgIpc) is 2.74. The van der Waals surface area contributed by atoms with Crippen molar-refractivity contribution in [3.05, 3.63) is 64.7 Å². The van der Waals surface area contributed by atoms with E-state index < -0.39 is 0 Å². The molecule has 1 saturated heterocycles. The summed E-state index contributed by atoms with van der Waals surface area (Å²) in [4.78, 5) is 28.8. The van der Waals surface area contributed by atoms with Gasteiger partial charge in [0, 0.05) is 30.1 Å². The largest absolute Gasteiger partial charge is 0.360 e. The summed E-state index contributed by atoms with van der Waals surface area (Å²) in [5.41, 5.74) is 2.03. The van der Waals surface area contributed by atoms with Crippen molar-refractivity contribution in [2.24, 2.45) is 0 Å². The molecule has 148 valence electrons. The molecule has 0 spiro atoms. The Balaban J connectivity index is 1.60. The highest BCUT2D eigenvalue weighted by Gasteiger charge is 2.32. The van der Waals surface area contributed by atoms with Gasteiger partial charge in [0.25, 0.3) is 11.6 Å². The van der Waals surface area contributed by atoms with Gasteiger partial charge in [0.1, 0.15) is 0 Å². The fourth-order valence-electron chi connectivity index (χ4n) is 3.75. The van der Waals surface area contributed by atoms with Crippen LogP contribution in [0.4, 0.5) is 17.1 Å². The molecule has 0 radical (unpaired) electrons. The average molecular weight is 383 g/mol. The van der Waals surface area contributed by atoms with E-state index in [1.807, 2.05) is 49.1 Å². The monoisotopic (exact) mass is 383 g/mol. The highest BCUT2D eigenvalue weighted by Crippen LogP contribution is 2.19. The van der Waals surface area contributed by atoms with Crippen LogP contribution in [0.1, 0.15) is 13.8 Å². The Morgan fingerprint density at radius 1 is 1.14 bits per heavy atom. The summed E-state index contributed by atoms with van der Waals surface area (Å²) in [6, 6.07) is 16.4. The first kappa shape index (κ1) is 19.8. The van der Waals surface area contributed by atoms with Crippen molar-refractivity contribution >= 4 is 23.0 Å². The maximum Gasteiger partial charge on any atom is 0.284 e. The molecule has 0 aromatic heterocycles. The highest BCUT2D eigenvalue weighted by atomic mass is 16.6. The van der Waals surface area contributed by atoms with Gasteiger partial charge in [-0.15, -0.1) is 0 Å². The van der Waals surface area contributed by atoms with Crippen molar-refractivity contribution in [1.29, 1.82) is 0 Å². The SMILES string of the molecule is CCN(C(=O)[C@H](C)[NH+]1CCN(c2ccc([N+](=O)[O-])cc2)CC1)c1ccccc1. The Bertz CT molecular complexity index is 802. The van der Waals surface area contributed by atoms with Crippen molar-refractivity contribution in [1.82, 2.24) is 0 Å². The van der Waals surface area contributed by atoms with Gasteiger partial charge in [0.2, 0.25) is 0 Å². The molecule has 7 heteroatoms. The number of nitro groups is 1. The van der Waals surface area contributed by atoms with Crippen molar-refractivity contribution in [2.45, 2.75) is 19.9 Å². The third kappa shape index (κ3) is 4.31. The summed E-state index contributed by atoms with van der Waals surface area (Å²) in [6.07, 6.45) is 0. The van der Waals surface area contributed by atoms with Gasteiger partial charge in [-0.25, -0.2) is 0 Å². The number of non-ortho nitro benzene ring substituents is 1. The van der Waals surface area contributed by atoms with Crippen molar-refractivity contribution < 1.29 is 14.6 Å². The molecule has 1 amide bonds. The molecule has 1 atom stereocenters. The number of quaternary nitrogens is 1. The molecular weight excluding hydrogens is 356 g/mol. The molecule has 3 rings (SSSR count). The summed E-state index contributed by atoms with van der Waals surface area (Å²) in [5, 5.41) is 10.8. The molecule has 1 N–H and O–H groups in total. The number of nitro benzene ring substituents is 1. The second-order valence-corrected chi connectivity index (χ2v) is 7.06. The fraction of sp³-hybridized carbons (Fsp3) is 0.381. The normalized spacial score (nSPS) is 15.9. The Morgan fingerprint density at radius 2 is 1.75 bits per heavy atom. The van der Waals surface area contributed by atoms with Crippen molar-refractivity contribution in [3.8, 4) is 0 Å². The summed E-state index contributed by atoms with van der Waals surface area (Å²) in [7, 11) is 0. The zero-order valence-corrected chi connectivity index (χ0v) is 16.4. The number of hydrogen-bond acceptors (Lipinski definition) is 4.